The Hall–Kier alpha value is -4.35. The van der Waals surface area contributed by atoms with Crippen molar-refractivity contribution < 1.29 is 36.3 Å². The molecule has 12 nitrogen and oxygen atoms in total. The van der Waals surface area contributed by atoms with Gasteiger partial charge >= 0.3 is 5.97 Å². The predicted molar refractivity (Wildman–Crippen MR) is 214 cm³/mol. The normalized spacial score (nSPS) is 19.8. The number of aromatic nitrogens is 2. The van der Waals surface area contributed by atoms with Crippen molar-refractivity contribution in [2.75, 3.05) is 74.8 Å². The van der Waals surface area contributed by atoms with Crippen LogP contribution in [0.1, 0.15) is 62.4 Å². The second-order valence-corrected chi connectivity index (χ2v) is 17.0. The molecule has 16 heteroatoms. The second kappa shape index (κ2) is 17.2. The average Bonchev–Trinajstić information content (AvgIpc) is 3.73. The standard InChI is InChI=1S/C41H50F3N7O5S/c1-41(2,3)56-36(52)26-48-15-4-14-47(19-20-48)24-27-11-16-49(17-12-27)31-7-5-28(6-8-31)29-21-32-33(23-46-40(32)45-22-29)39(53)37-34(43)9-10-35(38(37)44)51(57(54)55)50-18-13-30(42)25-50/h5-10,21-23,27,30H,4,11-20,24-26H2,1-3H3,(H,45,46)(H,54,55)/t30-/m1/s1. The number of hydrogen-bond acceptors (Lipinski definition) is 9. The van der Waals surface area contributed by atoms with Crippen LogP contribution in [0.2, 0.25) is 0 Å². The molecule has 306 valence electrons. The molecule has 0 aliphatic carbocycles. The number of aromatic amines is 1. The van der Waals surface area contributed by atoms with Gasteiger partial charge in [-0.3, -0.25) is 19.0 Å². The van der Waals surface area contributed by atoms with E-state index >= 15 is 8.78 Å². The number of esters is 1. The van der Waals surface area contributed by atoms with E-state index in [1.54, 1.807) is 12.3 Å². The number of carbonyl (C=O) groups excluding carboxylic acids is 2. The van der Waals surface area contributed by atoms with Gasteiger partial charge in [-0.05, 0) is 94.8 Å². The van der Waals surface area contributed by atoms with Crippen LogP contribution in [0, 0.1) is 17.6 Å². The van der Waals surface area contributed by atoms with Crippen LogP contribution in [-0.2, 0) is 20.8 Å². The van der Waals surface area contributed by atoms with Crippen molar-refractivity contribution in [2.45, 2.75) is 58.2 Å². The van der Waals surface area contributed by atoms with Gasteiger partial charge in [0.2, 0.25) is 5.78 Å². The Bertz CT molecular complexity index is 2100. The van der Waals surface area contributed by atoms with E-state index in [0.717, 1.165) is 88.5 Å². The number of alkyl halides is 1. The van der Waals surface area contributed by atoms with Crippen molar-refractivity contribution in [1.82, 2.24) is 24.8 Å². The molecule has 0 amide bonds. The molecule has 2 aromatic carbocycles. The van der Waals surface area contributed by atoms with E-state index in [1.165, 1.54) is 11.2 Å². The Morgan fingerprint density at radius 1 is 0.965 bits per heavy atom. The van der Waals surface area contributed by atoms with Crippen molar-refractivity contribution in [2.24, 2.45) is 5.92 Å². The Morgan fingerprint density at radius 3 is 2.37 bits per heavy atom. The lowest BCUT2D eigenvalue weighted by Gasteiger charge is -2.36. The zero-order valence-electron chi connectivity index (χ0n) is 32.6. The molecule has 0 spiro atoms. The number of carbonyl (C=O) groups is 2. The molecule has 0 saturated carbocycles. The number of halogens is 3. The molecule has 0 bridgehead atoms. The molecule has 5 heterocycles. The van der Waals surface area contributed by atoms with Gasteiger partial charge in [0.15, 0.2) is 5.82 Å². The molecule has 2 aromatic heterocycles. The highest BCUT2D eigenvalue weighted by Crippen LogP contribution is 2.33. The smallest absolute Gasteiger partial charge is 0.320 e. The molecular weight excluding hydrogens is 760 g/mol. The van der Waals surface area contributed by atoms with Gasteiger partial charge in [-0.15, -0.1) is 0 Å². The van der Waals surface area contributed by atoms with Crippen LogP contribution in [-0.4, -0.2) is 123 Å². The lowest BCUT2D eigenvalue weighted by molar-refractivity contribution is -0.156. The Balaban J connectivity index is 0.983. The number of fused-ring (bicyclic) bond motifs is 1. The molecule has 1 unspecified atom stereocenters. The number of hydrogen-bond donors (Lipinski definition) is 2. The maximum absolute atomic E-state index is 16.0. The number of ether oxygens (including phenoxy) is 1. The van der Waals surface area contributed by atoms with E-state index < -0.39 is 51.7 Å². The first-order valence-corrected chi connectivity index (χ1v) is 20.6. The Labute approximate surface area is 333 Å². The van der Waals surface area contributed by atoms with E-state index in [1.807, 2.05) is 32.9 Å². The number of rotatable bonds is 11. The minimum Gasteiger partial charge on any atom is -0.459 e. The third kappa shape index (κ3) is 9.52. The molecule has 0 radical (unpaired) electrons. The fourth-order valence-electron chi connectivity index (χ4n) is 8.11. The topological polar surface area (TPSA) is 126 Å². The number of nitrogens with one attached hydrogen (secondary N) is 1. The van der Waals surface area contributed by atoms with Gasteiger partial charge in [0.05, 0.1) is 18.7 Å². The van der Waals surface area contributed by atoms with Crippen molar-refractivity contribution >= 4 is 45.4 Å². The molecule has 2 atom stereocenters. The Morgan fingerprint density at radius 2 is 1.68 bits per heavy atom. The summed E-state index contributed by atoms with van der Waals surface area (Å²) in [5.41, 5.74) is 1.10. The maximum Gasteiger partial charge on any atom is 0.320 e. The summed E-state index contributed by atoms with van der Waals surface area (Å²) in [6.45, 7) is 12.5. The fourth-order valence-corrected chi connectivity index (χ4v) is 8.76. The van der Waals surface area contributed by atoms with Gasteiger partial charge < -0.3 is 19.5 Å². The van der Waals surface area contributed by atoms with Crippen molar-refractivity contribution in [1.29, 1.82) is 0 Å². The van der Waals surface area contributed by atoms with Crippen LogP contribution in [0.3, 0.4) is 0 Å². The van der Waals surface area contributed by atoms with E-state index in [0.29, 0.717) is 33.5 Å². The SMILES string of the molecule is CC(C)(C)OC(=O)CN1CCCN(CC2CCN(c3ccc(-c4cnc5[nH]cc(C(=O)c6c(F)ccc(N(N7CC[C@@H](F)C7)S(=O)O)c6F)c5c4)cc3)CC2)CC1. The number of piperidine rings is 1. The van der Waals surface area contributed by atoms with E-state index in [-0.39, 0.29) is 31.0 Å². The fraction of sp³-hybridized carbons (Fsp3) is 0.488. The molecule has 2 N–H and O–H groups in total. The summed E-state index contributed by atoms with van der Waals surface area (Å²) < 4.78 is 73.5. The highest BCUT2D eigenvalue weighted by molar-refractivity contribution is 7.80. The second-order valence-electron chi connectivity index (χ2n) is 16.2. The molecule has 3 fully saturated rings. The number of anilines is 2. The number of pyridine rings is 1. The minimum atomic E-state index is -2.81. The summed E-state index contributed by atoms with van der Waals surface area (Å²) >= 11 is -2.81. The molecule has 3 saturated heterocycles. The summed E-state index contributed by atoms with van der Waals surface area (Å²) in [7, 11) is 0. The van der Waals surface area contributed by atoms with Gasteiger partial charge in [0, 0.05) is 80.4 Å². The predicted octanol–water partition coefficient (Wildman–Crippen LogP) is 6.21. The van der Waals surface area contributed by atoms with Crippen LogP contribution in [0.4, 0.5) is 24.5 Å². The summed E-state index contributed by atoms with van der Waals surface area (Å²) in [5.74, 6) is -3.01. The van der Waals surface area contributed by atoms with Crippen LogP contribution >= 0.6 is 0 Å². The van der Waals surface area contributed by atoms with Crippen LogP contribution in [0.15, 0.2) is 54.9 Å². The summed E-state index contributed by atoms with van der Waals surface area (Å²) in [5, 5.41) is 1.53. The van der Waals surface area contributed by atoms with Crippen LogP contribution in [0.5, 0.6) is 0 Å². The van der Waals surface area contributed by atoms with E-state index in [4.69, 9.17) is 4.74 Å². The van der Waals surface area contributed by atoms with Crippen LogP contribution in [0.25, 0.3) is 22.2 Å². The molecule has 4 aromatic rings. The lowest BCUT2D eigenvalue weighted by atomic mass is 9.95. The number of nitrogens with zero attached hydrogens (tertiary/aromatic N) is 6. The zero-order chi connectivity index (χ0) is 40.4. The summed E-state index contributed by atoms with van der Waals surface area (Å²) in [6.07, 6.45) is 5.00. The third-order valence-electron chi connectivity index (χ3n) is 10.9. The number of ketones is 1. The molecular formula is C41H50F3N7O5S. The zero-order valence-corrected chi connectivity index (χ0v) is 33.4. The first kappa shape index (κ1) is 40.8. The summed E-state index contributed by atoms with van der Waals surface area (Å²) in [4.78, 5) is 40.7. The van der Waals surface area contributed by atoms with Crippen LogP contribution < -0.4 is 9.31 Å². The van der Waals surface area contributed by atoms with Gasteiger partial charge in [-0.2, -0.15) is 4.41 Å². The molecule has 3 aliphatic rings. The van der Waals surface area contributed by atoms with Crippen molar-refractivity contribution in [3.05, 3.63) is 77.6 Å². The molecule has 7 rings (SSSR count). The number of benzene rings is 2. The van der Waals surface area contributed by atoms with Gasteiger partial charge in [0.25, 0.3) is 11.3 Å². The highest BCUT2D eigenvalue weighted by atomic mass is 32.2. The minimum absolute atomic E-state index is 0.0197. The third-order valence-corrected chi connectivity index (χ3v) is 11.7. The summed E-state index contributed by atoms with van der Waals surface area (Å²) in [6, 6.07) is 11.7. The van der Waals surface area contributed by atoms with Gasteiger partial charge in [-0.25, -0.2) is 27.4 Å². The molecule has 57 heavy (non-hydrogen) atoms. The first-order chi connectivity index (χ1) is 27.2. The van der Waals surface area contributed by atoms with Gasteiger partial charge in [0.1, 0.15) is 28.9 Å². The van der Waals surface area contributed by atoms with Crippen molar-refractivity contribution in [3.63, 3.8) is 0 Å². The van der Waals surface area contributed by atoms with E-state index in [9.17, 15) is 22.7 Å². The number of H-pyrrole nitrogens is 1. The quantitative estimate of drug-likeness (QED) is 0.103. The lowest BCUT2D eigenvalue weighted by Crippen LogP contribution is -2.43. The average molecular weight is 810 g/mol. The monoisotopic (exact) mass is 809 g/mol. The maximum atomic E-state index is 16.0. The number of hydrazine groups is 1. The largest absolute Gasteiger partial charge is 0.459 e. The Kier molecular flexibility index (Phi) is 12.4. The van der Waals surface area contributed by atoms with E-state index in [2.05, 4.69) is 36.8 Å². The van der Waals surface area contributed by atoms with Crippen molar-refractivity contribution in [3.8, 4) is 11.1 Å². The molecule has 3 aliphatic heterocycles. The first-order valence-electron chi connectivity index (χ1n) is 19.6. The highest BCUT2D eigenvalue weighted by Gasteiger charge is 2.34. The van der Waals surface area contributed by atoms with Gasteiger partial charge in [-0.1, -0.05) is 12.1 Å².